The first-order valence-electron chi connectivity index (χ1n) is 9.02. The molecule has 1 aliphatic rings. The van der Waals surface area contributed by atoms with Gasteiger partial charge in [0.1, 0.15) is 22.2 Å². The predicted octanol–water partition coefficient (Wildman–Crippen LogP) is 4.38. The van der Waals surface area contributed by atoms with E-state index in [9.17, 15) is 4.39 Å². The van der Waals surface area contributed by atoms with Gasteiger partial charge in [-0.1, -0.05) is 0 Å². The molecule has 7 heteroatoms. The summed E-state index contributed by atoms with van der Waals surface area (Å²) in [7, 11) is 0. The number of ether oxygens (including phenoxy) is 2. The molecule has 0 atom stereocenters. The van der Waals surface area contributed by atoms with Crippen LogP contribution in [0.2, 0.25) is 0 Å². The second-order valence-corrected chi connectivity index (χ2v) is 8.01. The third-order valence-corrected chi connectivity index (χ3v) is 5.96. The van der Waals surface area contributed by atoms with Gasteiger partial charge in [-0.15, -0.1) is 11.3 Å². The third kappa shape index (κ3) is 3.81. The van der Waals surface area contributed by atoms with Crippen molar-refractivity contribution in [2.24, 2.45) is 0 Å². The van der Waals surface area contributed by atoms with Crippen molar-refractivity contribution in [1.82, 2.24) is 14.9 Å². The van der Waals surface area contributed by atoms with Gasteiger partial charge < -0.3 is 9.47 Å². The van der Waals surface area contributed by atoms with E-state index in [0.29, 0.717) is 23.7 Å². The van der Waals surface area contributed by atoms with Crippen molar-refractivity contribution in [3.63, 3.8) is 0 Å². The quantitative estimate of drug-likeness (QED) is 0.665. The minimum absolute atomic E-state index is 0.245. The number of benzene rings is 1. The largest absolute Gasteiger partial charge is 0.438 e. The van der Waals surface area contributed by atoms with Crippen LogP contribution in [0, 0.1) is 26.6 Å². The molecule has 1 aromatic carbocycles. The van der Waals surface area contributed by atoms with E-state index in [4.69, 9.17) is 19.4 Å². The highest BCUT2D eigenvalue weighted by Crippen LogP contribution is 2.36. The molecule has 0 radical (unpaired) electrons. The normalized spacial score (nSPS) is 15.4. The Bertz CT molecular complexity index is 983. The van der Waals surface area contributed by atoms with Crippen LogP contribution in [0.3, 0.4) is 0 Å². The zero-order valence-electron chi connectivity index (χ0n) is 15.7. The first kappa shape index (κ1) is 18.3. The number of nitrogens with zero attached hydrogens (tertiary/aromatic N) is 3. The molecule has 0 aliphatic carbocycles. The average molecular weight is 387 g/mol. The lowest BCUT2D eigenvalue weighted by Gasteiger charge is -2.25. The van der Waals surface area contributed by atoms with Crippen LogP contribution in [0.5, 0.6) is 11.6 Å². The number of aromatic nitrogens is 2. The number of hydrogen-bond donors (Lipinski definition) is 0. The Morgan fingerprint density at radius 2 is 1.96 bits per heavy atom. The van der Waals surface area contributed by atoms with Gasteiger partial charge in [0, 0.05) is 18.0 Å². The molecule has 0 unspecified atom stereocenters. The topological polar surface area (TPSA) is 47.5 Å². The molecule has 0 amide bonds. The van der Waals surface area contributed by atoms with E-state index >= 15 is 0 Å². The van der Waals surface area contributed by atoms with Crippen molar-refractivity contribution >= 4 is 21.6 Å². The average Bonchev–Trinajstić information content (AvgIpc) is 2.93. The first-order chi connectivity index (χ1) is 13.0. The van der Waals surface area contributed by atoms with Crippen molar-refractivity contribution in [2.45, 2.75) is 27.3 Å². The highest BCUT2D eigenvalue weighted by atomic mass is 32.1. The summed E-state index contributed by atoms with van der Waals surface area (Å²) in [5.74, 6) is 1.61. The number of fused-ring (bicyclic) bond motifs is 1. The lowest BCUT2D eigenvalue weighted by molar-refractivity contribution is 0.0330. The lowest BCUT2D eigenvalue weighted by Crippen LogP contribution is -2.36. The number of aryl methyl sites for hydroxylation is 3. The molecule has 0 spiro atoms. The van der Waals surface area contributed by atoms with Crippen LogP contribution in [0.1, 0.15) is 21.8 Å². The molecule has 27 heavy (non-hydrogen) atoms. The molecule has 1 saturated heterocycles. The van der Waals surface area contributed by atoms with Gasteiger partial charge in [0.2, 0.25) is 5.88 Å². The molecule has 0 saturated carbocycles. The number of rotatable bonds is 4. The molecule has 0 N–H and O–H groups in total. The number of morpholine rings is 1. The van der Waals surface area contributed by atoms with Gasteiger partial charge in [-0.3, -0.25) is 4.90 Å². The summed E-state index contributed by atoms with van der Waals surface area (Å²) >= 11 is 1.65. The summed E-state index contributed by atoms with van der Waals surface area (Å²) in [6, 6.07) is 4.75. The maximum Gasteiger partial charge on any atom is 0.231 e. The molecular formula is C20H22FN3O2S. The van der Waals surface area contributed by atoms with Crippen LogP contribution < -0.4 is 4.74 Å². The number of halogens is 1. The smallest absolute Gasteiger partial charge is 0.231 e. The fourth-order valence-corrected chi connectivity index (χ4v) is 4.19. The first-order valence-corrected chi connectivity index (χ1v) is 9.83. The summed E-state index contributed by atoms with van der Waals surface area (Å²) in [4.78, 5) is 13.9. The number of thiophene rings is 1. The maximum absolute atomic E-state index is 13.6. The van der Waals surface area contributed by atoms with E-state index in [0.717, 1.165) is 47.9 Å². The second kappa shape index (κ2) is 7.50. The SMILES string of the molecule is Cc1cc(Oc2nc(CN3CCOCC3)nc3sc(C)c(C)c23)ccc1F. The Balaban J connectivity index is 1.72. The van der Waals surface area contributed by atoms with Crippen LogP contribution in [0.4, 0.5) is 4.39 Å². The molecule has 2 aromatic heterocycles. The molecule has 1 fully saturated rings. The molecule has 142 valence electrons. The zero-order valence-corrected chi connectivity index (χ0v) is 16.5. The third-order valence-electron chi connectivity index (χ3n) is 4.85. The Morgan fingerprint density at radius 1 is 1.19 bits per heavy atom. The minimum Gasteiger partial charge on any atom is -0.438 e. The fraction of sp³-hybridized carbons (Fsp3) is 0.400. The van der Waals surface area contributed by atoms with E-state index in [-0.39, 0.29) is 5.82 Å². The van der Waals surface area contributed by atoms with Crippen molar-refractivity contribution in [2.75, 3.05) is 26.3 Å². The molecular weight excluding hydrogens is 365 g/mol. The molecule has 1 aliphatic heterocycles. The Hall–Kier alpha value is -2.09. The highest BCUT2D eigenvalue weighted by Gasteiger charge is 2.19. The van der Waals surface area contributed by atoms with Crippen LogP contribution >= 0.6 is 11.3 Å². The molecule has 3 heterocycles. The molecule has 4 rings (SSSR count). The molecule has 0 bridgehead atoms. The summed E-state index contributed by atoms with van der Waals surface area (Å²) in [6.45, 7) is 9.73. The summed E-state index contributed by atoms with van der Waals surface area (Å²) < 4.78 is 25.1. The van der Waals surface area contributed by atoms with Gasteiger partial charge in [-0.05, 0) is 50.1 Å². The van der Waals surface area contributed by atoms with Crippen molar-refractivity contribution in [3.05, 3.63) is 45.8 Å². The Labute approximate surface area is 161 Å². The summed E-state index contributed by atoms with van der Waals surface area (Å²) in [6.07, 6.45) is 0. The van der Waals surface area contributed by atoms with Gasteiger partial charge in [0.25, 0.3) is 0 Å². The van der Waals surface area contributed by atoms with Gasteiger partial charge in [-0.25, -0.2) is 9.37 Å². The van der Waals surface area contributed by atoms with E-state index in [2.05, 4.69) is 18.7 Å². The van der Waals surface area contributed by atoms with Gasteiger partial charge in [-0.2, -0.15) is 4.98 Å². The highest BCUT2D eigenvalue weighted by molar-refractivity contribution is 7.18. The van der Waals surface area contributed by atoms with Gasteiger partial charge >= 0.3 is 0 Å². The second-order valence-electron chi connectivity index (χ2n) is 6.81. The Morgan fingerprint density at radius 3 is 2.70 bits per heavy atom. The zero-order chi connectivity index (χ0) is 19.0. The van der Waals surface area contributed by atoms with Crippen molar-refractivity contribution in [1.29, 1.82) is 0 Å². The fourth-order valence-electron chi connectivity index (χ4n) is 3.15. The van der Waals surface area contributed by atoms with E-state index in [1.807, 2.05) is 0 Å². The van der Waals surface area contributed by atoms with Crippen molar-refractivity contribution < 1.29 is 13.9 Å². The minimum atomic E-state index is -0.245. The van der Waals surface area contributed by atoms with Gasteiger partial charge in [0.15, 0.2) is 0 Å². The van der Waals surface area contributed by atoms with Crippen LogP contribution in [0.25, 0.3) is 10.2 Å². The number of hydrogen-bond acceptors (Lipinski definition) is 6. The van der Waals surface area contributed by atoms with Crippen LogP contribution in [-0.4, -0.2) is 41.2 Å². The maximum atomic E-state index is 13.6. The summed E-state index contributed by atoms with van der Waals surface area (Å²) in [5.41, 5.74) is 1.67. The monoisotopic (exact) mass is 387 g/mol. The predicted molar refractivity (Wildman–Crippen MR) is 104 cm³/mol. The van der Waals surface area contributed by atoms with E-state index in [1.165, 1.54) is 10.9 Å². The molecule has 3 aromatic rings. The van der Waals surface area contributed by atoms with Crippen LogP contribution in [-0.2, 0) is 11.3 Å². The van der Waals surface area contributed by atoms with E-state index in [1.54, 1.807) is 30.4 Å². The standard InChI is InChI=1S/C20H22FN3O2S/c1-12-10-15(4-5-16(12)21)26-19-18-13(2)14(3)27-20(18)23-17(22-19)11-24-6-8-25-9-7-24/h4-5,10H,6-9,11H2,1-3H3. The Kier molecular flexibility index (Phi) is 5.08. The van der Waals surface area contributed by atoms with Gasteiger partial charge in [0.05, 0.1) is 25.1 Å². The lowest BCUT2D eigenvalue weighted by atomic mass is 10.2. The van der Waals surface area contributed by atoms with Crippen LogP contribution in [0.15, 0.2) is 18.2 Å². The summed E-state index contributed by atoms with van der Waals surface area (Å²) in [5, 5.41) is 0.935. The van der Waals surface area contributed by atoms with E-state index < -0.39 is 0 Å². The van der Waals surface area contributed by atoms with Crippen molar-refractivity contribution in [3.8, 4) is 11.6 Å². The molecule has 5 nitrogen and oxygen atoms in total.